The maximum atomic E-state index is 11.1. The first-order valence-electron chi connectivity index (χ1n) is 8.40. The average Bonchev–Trinajstić information content (AvgIpc) is 2.69. The number of non-ortho nitro benzene ring substituents is 1. The molecule has 2 N–H and O–H groups in total. The normalized spacial score (nSPS) is 14.1. The molecule has 1 aliphatic heterocycles. The van der Waals surface area contributed by atoms with E-state index in [9.17, 15) is 10.1 Å². The number of nitrogens with one attached hydrogen (secondary N) is 2. The topological polar surface area (TPSA) is 92.0 Å². The molecule has 1 aliphatic rings. The molecule has 0 aromatic heterocycles. The highest BCUT2D eigenvalue weighted by Crippen LogP contribution is 2.25. The van der Waals surface area contributed by atoms with E-state index in [1.54, 1.807) is 6.07 Å². The number of para-hydroxylation sites is 1. The van der Waals surface area contributed by atoms with Gasteiger partial charge in [-0.2, -0.15) is 5.10 Å². The van der Waals surface area contributed by atoms with Crippen molar-refractivity contribution in [3.05, 3.63) is 64.2 Å². The number of nitrogens with zero attached hydrogens (tertiary/aromatic N) is 3. The third kappa shape index (κ3) is 5.22. The maximum absolute atomic E-state index is 11.1. The monoisotopic (exact) mass is 385 g/mol. The molecule has 9 heteroatoms. The van der Waals surface area contributed by atoms with Crippen molar-refractivity contribution >= 4 is 40.6 Å². The second-order valence-corrected chi connectivity index (χ2v) is 6.20. The van der Waals surface area contributed by atoms with Gasteiger partial charge in [0.1, 0.15) is 0 Å². The molecule has 3 rings (SSSR count). The Labute approximate surface area is 162 Å². The van der Waals surface area contributed by atoms with Crippen LogP contribution in [0.15, 0.2) is 53.6 Å². The molecular formula is C18H19N5O3S. The Hall–Kier alpha value is -3.04. The highest BCUT2D eigenvalue weighted by molar-refractivity contribution is 7.80. The van der Waals surface area contributed by atoms with Gasteiger partial charge in [0.05, 0.1) is 24.4 Å². The zero-order valence-corrected chi connectivity index (χ0v) is 15.3. The Morgan fingerprint density at radius 2 is 1.96 bits per heavy atom. The minimum atomic E-state index is -0.421. The fourth-order valence-corrected chi connectivity index (χ4v) is 2.86. The van der Waals surface area contributed by atoms with Gasteiger partial charge in [0.25, 0.3) is 5.69 Å². The Bertz CT molecular complexity index is 838. The lowest BCUT2D eigenvalue weighted by Gasteiger charge is -2.29. The van der Waals surface area contributed by atoms with Crippen molar-refractivity contribution in [2.75, 3.05) is 36.5 Å². The van der Waals surface area contributed by atoms with E-state index in [-0.39, 0.29) is 5.69 Å². The van der Waals surface area contributed by atoms with E-state index >= 15 is 0 Å². The number of rotatable bonds is 5. The largest absolute Gasteiger partial charge is 0.378 e. The molecule has 0 bridgehead atoms. The quantitative estimate of drug-likeness (QED) is 0.354. The third-order valence-electron chi connectivity index (χ3n) is 3.98. The molecule has 8 nitrogen and oxygen atoms in total. The SMILES string of the molecule is O=[N+]([O-])c1ccc(N2CCOCC2)c(C=NNC(=S)Nc2ccccc2)c1. The molecule has 0 saturated carbocycles. The summed E-state index contributed by atoms with van der Waals surface area (Å²) in [5.74, 6) is 0. The van der Waals surface area contributed by atoms with Crippen LogP contribution < -0.4 is 15.6 Å². The number of ether oxygens (including phenoxy) is 1. The van der Waals surface area contributed by atoms with Crippen LogP contribution in [0.1, 0.15) is 5.56 Å². The number of nitro benzene ring substituents is 1. The Kier molecular flexibility index (Phi) is 6.29. The van der Waals surface area contributed by atoms with Gasteiger partial charge < -0.3 is 15.0 Å². The summed E-state index contributed by atoms with van der Waals surface area (Å²) in [7, 11) is 0. The Balaban J connectivity index is 1.73. The van der Waals surface area contributed by atoms with Gasteiger partial charge >= 0.3 is 0 Å². The summed E-state index contributed by atoms with van der Waals surface area (Å²) in [5.41, 5.74) is 5.10. The maximum Gasteiger partial charge on any atom is 0.270 e. The van der Waals surface area contributed by atoms with Crippen LogP contribution in [0.3, 0.4) is 0 Å². The summed E-state index contributed by atoms with van der Waals surface area (Å²) >= 11 is 5.21. The number of hydrazone groups is 1. The molecule has 1 heterocycles. The van der Waals surface area contributed by atoms with Crippen molar-refractivity contribution < 1.29 is 9.66 Å². The summed E-state index contributed by atoms with van der Waals surface area (Å²) in [6.07, 6.45) is 1.54. The molecule has 27 heavy (non-hydrogen) atoms. The van der Waals surface area contributed by atoms with E-state index in [2.05, 4.69) is 20.7 Å². The molecular weight excluding hydrogens is 366 g/mol. The summed E-state index contributed by atoms with van der Waals surface area (Å²) in [5, 5.41) is 18.6. The molecule has 140 valence electrons. The fourth-order valence-electron chi connectivity index (χ4n) is 2.69. The fraction of sp³-hybridized carbons (Fsp3) is 0.222. The number of hydrogen-bond acceptors (Lipinski definition) is 6. The van der Waals surface area contributed by atoms with Crippen LogP contribution in [0.25, 0.3) is 0 Å². The van der Waals surface area contributed by atoms with Crippen LogP contribution in [0, 0.1) is 10.1 Å². The van der Waals surface area contributed by atoms with Crippen molar-refractivity contribution in [2.24, 2.45) is 5.10 Å². The van der Waals surface area contributed by atoms with Gasteiger partial charge in [-0.05, 0) is 30.4 Å². The van der Waals surface area contributed by atoms with Gasteiger partial charge in [0, 0.05) is 42.2 Å². The summed E-state index contributed by atoms with van der Waals surface area (Å²) in [4.78, 5) is 12.8. The predicted molar refractivity (Wildman–Crippen MR) is 110 cm³/mol. The Morgan fingerprint density at radius 3 is 2.67 bits per heavy atom. The first-order valence-corrected chi connectivity index (χ1v) is 8.80. The summed E-state index contributed by atoms with van der Waals surface area (Å²) < 4.78 is 5.37. The van der Waals surface area contributed by atoms with Crippen molar-refractivity contribution in [3.8, 4) is 0 Å². The van der Waals surface area contributed by atoms with Gasteiger partial charge in [-0.15, -0.1) is 0 Å². The van der Waals surface area contributed by atoms with Crippen molar-refractivity contribution in [1.82, 2.24) is 5.43 Å². The van der Waals surface area contributed by atoms with Gasteiger partial charge in [-0.3, -0.25) is 15.5 Å². The lowest BCUT2D eigenvalue weighted by Crippen LogP contribution is -2.36. The zero-order valence-electron chi connectivity index (χ0n) is 14.5. The molecule has 0 radical (unpaired) electrons. The van der Waals surface area contributed by atoms with E-state index in [4.69, 9.17) is 17.0 Å². The molecule has 1 fully saturated rings. The molecule has 0 aliphatic carbocycles. The van der Waals surface area contributed by atoms with E-state index in [0.717, 1.165) is 24.5 Å². The third-order valence-corrected chi connectivity index (χ3v) is 4.17. The summed E-state index contributed by atoms with van der Waals surface area (Å²) in [6.45, 7) is 2.69. The lowest BCUT2D eigenvalue weighted by molar-refractivity contribution is -0.384. The number of hydrogen-bond donors (Lipinski definition) is 2. The van der Waals surface area contributed by atoms with Crippen LogP contribution in [0.2, 0.25) is 0 Å². The molecule has 0 atom stereocenters. The van der Waals surface area contributed by atoms with Crippen LogP contribution in [0.4, 0.5) is 17.1 Å². The minimum absolute atomic E-state index is 0.0125. The number of morpholine rings is 1. The molecule has 0 spiro atoms. The second-order valence-electron chi connectivity index (χ2n) is 5.79. The van der Waals surface area contributed by atoms with E-state index < -0.39 is 4.92 Å². The smallest absolute Gasteiger partial charge is 0.270 e. The lowest BCUT2D eigenvalue weighted by atomic mass is 10.1. The number of thiocarbonyl (C=S) groups is 1. The molecule has 0 unspecified atom stereocenters. The number of nitro groups is 1. The number of benzene rings is 2. The van der Waals surface area contributed by atoms with Crippen LogP contribution in [-0.2, 0) is 4.74 Å². The van der Waals surface area contributed by atoms with Gasteiger partial charge in [-0.1, -0.05) is 18.2 Å². The number of anilines is 2. The van der Waals surface area contributed by atoms with Gasteiger partial charge in [-0.25, -0.2) is 0 Å². The van der Waals surface area contributed by atoms with Crippen molar-refractivity contribution in [3.63, 3.8) is 0 Å². The van der Waals surface area contributed by atoms with Gasteiger partial charge in [0.15, 0.2) is 5.11 Å². The van der Waals surface area contributed by atoms with E-state index in [0.29, 0.717) is 23.9 Å². The Morgan fingerprint density at radius 1 is 1.22 bits per heavy atom. The van der Waals surface area contributed by atoms with Gasteiger partial charge in [0.2, 0.25) is 0 Å². The average molecular weight is 385 g/mol. The van der Waals surface area contributed by atoms with Crippen molar-refractivity contribution in [1.29, 1.82) is 0 Å². The second kappa shape index (κ2) is 9.06. The molecule has 2 aromatic rings. The predicted octanol–water partition coefficient (Wildman–Crippen LogP) is 2.75. The van der Waals surface area contributed by atoms with Crippen LogP contribution >= 0.6 is 12.2 Å². The highest BCUT2D eigenvalue weighted by atomic mass is 32.1. The first-order chi connectivity index (χ1) is 13.1. The highest BCUT2D eigenvalue weighted by Gasteiger charge is 2.17. The van der Waals surface area contributed by atoms with E-state index in [1.807, 2.05) is 30.3 Å². The zero-order chi connectivity index (χ0) is 19.1. The minimum Gasteiger partial charge on any atom is -0.378 e. The van der Waals surface area contributed by atoms with E-state index in [1.165, 1.54) is 18.3 Å². The summed E-state index contributed by atoms with van der Waals surface area (Å²) in [6, 6.07) is 14.2. The van der Waals surface area contributed by atoms with Crippen LogP contribution in [0.5, 0.6) is 0 Å². The van der Waals surface area contributed by atoms with Crippen molar-refractivity contribution in [2.45, 2.75) is 0 Å². The molecule has 0 amide bonds. The molecule has 2 aromatic carbocycles. The standard InChI is InChI=1S/C18H19N5O3S/c24-23(25)16-6-7-17(22-8-10-26-11-9-22)14(12-16)13-19-21-18(27)20-15-4-2-1-3-5-15/h1-7,12-13H,8-11H2,(H2,20,21,27). The molecule has 1 saturated heterocycles. The first kappa shape index (κ1) is 18.7. The van der Waals surface area contributed by atoms with Crippen LogP contribution in [-0.4, -0.2) is 42.6 Å².